The number of nitrogens with zero attached hydrogens (tertiary/aromatic N) is 4. The number of piperazine rings is 1. The molecule has 0 spiro atoms. The van der Waals surface area contributed by atoms with Gasteiger partial charge in [0.05, 0.1) is 16.7 Å². The van der Waals surface area contributed by atoms with Crippen LogP contribution in [0.15, 0.2) is 28.2 Å². The average Bonchev–Trinajstić information content (AvgIpc) is 2.82. The minimum Gasteiger partial charge on any atom is -0.336 e. The van der Waals surface area contributed by atoms with Crippen LogP contribution < -0.4 is 5.56 Å². The molecule has 8 heteroatoms. The summed E-state index contributed by atoms with van der Waals surface area (Å²) in [6.07, 6.45) is 5.29. The van der Waals surface area contributed by atoms with Crippen LogP contribution in [0.2, 0.25) is 0 Å². The lowest BCUT2D eigenvalue weighted by atomic mass is 9.92. The molecule has 1 saturated heterocycles. The normalized spacial score (nSPS) is 18.4. The van der Waals surface area contributed by atoms with Gasteiger partial charge in [-0.25, -0.2) is 4.98 Å². The van der Waals surface area contributed by atoms with E-state index in [4.69, 9.17) is 4.98 Å². The van der Waals surface area contributed by atoms with Gasteiger partial charge in [-0.1, -0.05) is 51.8 Å². The van der Waals surface area contributed by atoms with Crippen molar-refractivity contribution in [2.45, 2.75) is 64.1 Å². The first-order valence-electron chi connectivity index (χ1n) is 12.4. The summed E-state index contributed by atoms with van der Waals surface area (Å²) in [5.74, 6) is 0.375. The predicted octanol–water partition coefficient (Wildman–Crippen LogP) is 4.00. The van der Waals surface area contributed by atoms with E-state index < -0.39 is 5.41 Å². The second kappa shape index (κ2) is 10.2. The van der Waals surface area contributed by atoms with Gasteiger partial charge in [0.1, 0.15) is 5.78 Å². The molecule has 1 aliphatic carbocycles. The van der Waals surface area contributed by atoms with Crippen LogP contribution >= 0.6 is 11.8 Å². The molecule has 2 heterocycles. The Morgan fingerprint density at radius 1 is 1.06 bits per heavy atom. The summed E-state index contributed by atoms with van der Waals surface area (Å²) < 4.78 is 1.82. The van der Waals surface area contributed by atoms with Gasteiger partial charge < -0.3 is 9.80 Å². The predicted molar refractivity (Wildman–Crippen MR) is 137 cm³/mol. The number of carbonyl (C=O) groups is 2. The fourth-order valence-corrected chi connectivity index (χ4v) is 5.84. The van der Waals surface area contributed by atoms with Crippen LogP contribution in [0, 0.1) is 5.41 Å². The molecule has 1 amide bonds. The summed E-state index contributed by atoms with van der Waals surface area (Å²) in [7, 11) is 2.06. The summed E-state index contributed by atoms with van der Waals surface area (Å²) in [6.45, 7) is 8.83. The van der Waals surface area contributed by atoms with E-state index in [0.29, 0.717) is 34.7 Å². The van der Waals surface area contributed by atoms with Crippen LogP contribution in [0.1, 0.15) is 69.3 Å². The van der Waals surface area contributed by atoms with Crippen molar-refractivity contribution in [2.24, 2.45) is 5.41 Å². The summed E-state index contributed by atoms with van der Waals surface area (Å²) in [5, 5.41) is 1.12. The maximum absolute atomic E-state index is 13.6. The lowest BCUT2D eigenvalue weighted by molar-refractivity contribution is -0.123. The molecule has 1 aliphatic heterocycles. The highest BCUT2D eigenvalue weighted by Gasteiger charge is 2.26. The highest BCUT2D eigenvalue weighted by atomic mass is 32.2. The fourth-order valence-electron chi connectivity index (χ4n) is 4.61. The van der Waals surface area contributed by atoms with Crippen LogP contribution in [-0.2, 0) is 4.79 Å². The van der Waals surface area contributed by atoms with Crippen LogP contribution in [0.3, 0.4) is 0 Å². The molecule has 0 bridgehead atoms. The number of carbonyl (C=O) groups excluding carboxylic acids is 2. The standard InChI is InChI=1S/C26H36N4O3S/c1-26(2,3)22(31)17-34-25-27-21-16-18(23(32)29-14-12-28(4)13-15-29)10-11-20(21)24(33)30(25)19-8-6-5-7-9-19/h10-11,16,19H,5-9,12-15,17H2,1-4H3. The first kappa shape index (κ1) is 24.9. The van der Waals surface area contributed by atoms with Crippen molar-refractivity contribution in [1.29, 1.82) is 0 Å². The van der Waals surface area contributed by atoms with Crippen molar-refractivity contribution >= 4 is 34.4 Å². The third-order valence-electron chi connectivity index (χ3n) is 7.02. The van der Waals surface area contributed by atoms with Gasteiger partial charge in [-0.05, 0) is 38.1 Å². The van der Waals surface area contributed by atoms with Gasteiger partial charge >= 0.3 is 0 Å². The number of benzene rings is 1. The van der Waals surface area contributed by atoms with Crippen LogP contribution in [0.4, 0.5) is 0 Å². The van der Waals surface area contributed by atoms with E-state index in [9.17, 15) is 14.4 Å². The average molecular weight is 485 g/mol. The third-order valence-corrected chi connectivity index (χ3v) is 7.97. The zero-order valence-corrected chi connectivity index (χ0v) is 21.6. The number of ketones is 1. The maximum atomic E-state index is 13.6. The molecule has 0 unspecified atom stereocenters. The Kier molecular flexibility index (Phi) is 7.48. The fraction of sp³-hybridized carbons (Fsp3) is 0.615. The number of rotatable bonds is 5. The van der Waals surface area contributed by atoms with Crippen molar-refractivity contribution in [2.75, 3.05) is 39.0 Å². The molecule has 1 saturated carbocycles. The first-order valence-corrected chi connectivity index (χ1v) is 13.3. The molecule has 184 valence electrons. The molecule has 0 atom stereocenters. The molecule has 0 N–H and O–H groups in total. The molecule has 2 fully saturated rings. The summed E-state index contributed by atoms with van der Waals surface area (Å²) in [5.41, 5.74) is 0.576. The zero-order valence-electron chi connectivity index (χ0n) is 20.8. The molecular formula is C26H36N4O3S. The van der Waals surface area contributed by atoms with Crippen LogP contribution in [-0.4, -0.2) is 70.0 Å². The second-order valence-electron chi connectivity index (χ2n) is 10.7. The number of thioether (sulfide) groups is 1. The van der Waals surface area contributed by atoms with Gasteiger partial charge in [0, 0.05) is 43.2 Å². The third kappa shape index (κ3) is 5.38. The largest absolute Gasteiger partial charge is 0.336 e. The molecule has 2 aliphatic rings. The van der Waals surface area contributed by atoms with Crippen molar-refractivity contribution in [3.8, 4) is 0 Å². The van der Waals surface area contributed by atoms with E-state index in [0.717, 1.165) is 38.8 Å². The lowest BCUT2D eigenvalue weighted by Gasteiger charge is -2.32. The number of aromatic nitrogens is 2. The first-order chi connectivity index (χ1) is 16.1. The highest BCUT2D eigenvalue weighted by molar-refractivity contribution is 7.99. The Bertz CT molecular complexity index is 1120. The molecular weight excluding hydrogens is 448 g/mol. The van der Waals surface area contributed by atoms with Crippen LogP contribution in [0.25, 0.3) is 10.9 Å². The molecule has 4 rings (SSSR count). The molecule has 34 heavy (non-hydrogen) atoms. The maximum Gasteiger partial charge on any atom is 0.262 e. The Balaban J connectivity index is 1.71. The van der Waals surface area contributed by atoms with Gasteiger partial charge in [0.2, 0.25) is 0 Å². The summed E-state index contributed by atoms with van der Waals surface area (Å²) in [4.78, 5) is 48.3. The summed E-state index contributed by atoms with van der Waals surface area (Å²) in [6, 6.07) is 5.37. The lowest BCUT2D eigenvalue weighted by Crippen LogP contribution is -2.47. The Morgan fingerprint density at radius 3 is 2.38 bits per heavy atom. The molecule has 7 nitrogen and oxygen atoms in total. The number of fused-ring (bicyclic) bond motifs is 1. The number of Topliss-reactive ketones (excluding diaryl/α,β-unsaturated/α-hetero) is 1. The van der Waals surface area contributed by atoms with E-state index in [1.807, 2.05) is 30.2 Å². The highest BCUT2D eigenvalue weighted by Crippen LogP contribution is 2.32. The summed E-state index contributed by atoms with van der Waals surface area (Å²) >= 11 is 1.35. The molecule has 0 radical (unpaired) electrons. The Labute approximate surface area is 205 Å². The molecule has 1 aromatic heterocycles. The smallest absolute Gasteiger partial charge is 0.262 e. The Morgan fingerprint density at radius 2 is 1.74 bits per heavy atom. The van der Waals surface area contributed by atoms with E-state index in [1.165, 1.54) is 18.2 Å². The Hall–Kier alpha value is -2.19. The van der Waals surface area contributed by atoms with Crippen molar-refractivity contribution in [3.05, 3.63) is 34.1 Å². The van der Waals surface area contributed by atoms with Crippen molar-refractivity contribution < 1.29 is 9.59 Å². The van der Waals surface area contributed by atoms with E-state index >= 15 is 0 Å². The minimum atomic E-state index is -0.443. The molecule has 1 aromatic carbocycles. The minimum absolute atomic E-state index is 0.0228. The van der Waals surface area contributed by atoms with E-state index in [-0.39, 0.29) is 29.0 Å². The SMILES string of the molecule is CN1CCN(C(=O)c2ccc3c(=O)n(C4CCCCC4)c(SCC(=O)C(C)(C)C)nc3c2)CC1. The van der Waals surface area contributed by atoms with Crippen molar-refractivity contribution in [1.82, 2.24) is 19.4 Å². The number of hydrogen-bond acceptors (Lipinski definition) is 6. The second-order valence-corrected chi connectivity index (χ2v) is 11.6. The number of amides is 1. The van der Waals surface area contributed by atoms with Gasteiger partial charge in [0.25, 0.3) is 11.5 Å². The van der Waals surface area contributed by atoms with Crippen LogP contribution in [0.5, 0.6) is 0 Å². The number of likely N-dealkylation sites (N-methyl/N-ethyl adjacent to an activating group) is 1. The van der Waals surface area contributed by atoms with E-state index in [2.05, 4.69) is 11.9 Å². The monoisotopic (exact) mass is 484 g/mol. The van der Waals surface area contributed by atoms with Gasteiger partial charge in [-0.3, -0.25) is 19.0 Å². The van der Waals surface area contributed by atoms with Gasteiger partial charge in [0.15, 0.2) is 5.16 Å². The van der Waals surface area contributed by atoms with Gasteiger partial charge in [-0.15, -0.1) is 0 Å². The quantitative estimate of drug-likeness (QED) is 0.472. The van der Waals surface area contributed by atoms with Crippen molar-refractivity contribution in [3.63, 3.8) is 0 Å². The van der Waals surface area contributed by atoms with Gasteiger partial charge in [-0.2, -0.15) is 0 Å². The molecule has 2 aromatic rings. The zero-order chi connectivity index (χ0) is 24.5. The topological polar surface area (TPSA) is 75.5 Å². The number of hydrogen-bond donors (Lipinski definition) is 0. The van der Waals surface area contributed by atoms with E-state index in [1.54, 1.807) is 18.2 Å².